The summed E-state index contributed by atoms with van der Waals surface area (Å²) in [6.07, 6.45) is -0.652. The molecule has 3 aromatic rings. The zero-order valence-electron chi connectivity index (χ0n) is 13.0. The number of aromatic nitrogens is 3. The smallest absolute Gasteiger partial charge is 0.243 e. The second kappa shape index (κ2) is 7.51. The van der Waals surface area contributed by atoms with Crippen LogP contribution in [0.1, 0.15) is 23.8 Å². The molecular formula is C15H13BrClF3N4S. The Morgan fingerprint density at radius 2 is 2.20 bits per heavy atom. The largest absolute Gasteiger partial charge is 0.363 e. The van der Waals surface area contributed by atoms with Crippen LogP contribution in [0.3, 0.4) is 0 Å². The summed E-state index contributed by atoms with van der Waals surface area (Å²) in [7, 11) is 0. The summed E-state index contributed by atoms with van der Waals surface area (Å²) < 4.78 is 42.7. The molecule has 1 unspecified atom stereocenters. The van der Waals surface area contributed by atoms with E-state index in [1.165, 1.54) is 34.2 Å². The molecule has 3 rings (SSSR count). The van der Waals surface area contributed by atoms with Crippen LogP contribution in [-0.2, 0) is 13.0 Å². The fourth-order valence-electron chi connectivity index (χ4n) is 2.40. The first-order valence-corrected chi connectivity index (χ1v) is 9.44. The van der Waals surface area contributed by atoms with Gasteiger partial charge in [0.15, 0.2) is 11.6 Å². The van der Waals surface area contributed by atoms with Gasteiger partial charge >= 0.3 is 0 Å². The summed E-state index contributed by atoms with van der Waals surface area (Å²) in [6, 6.07) is 1.39. The van der Waals surface area contributed by atoms with Crippen LogP contribution in [0.15, 0.2) is 16.0 Å². The molecule has 25 heavy (non-hydrogen) atoms. The topological polar surface area (TPSA) is 42.2 Å². The molecule has 0 saturated carbocycles. The minimum atomic E-state index is -1.05. The Hall–Kier alpha value is -1.32. The lowest BCUT2D eigenvalue weighted by Crippen LogP contribution is -2.05. The van der Waals surface area contributed by atoms with Crippen molar-refractivity contribution in [3.05, 3.63) is 43.4 Å². The van der Waals surface area contributed by atoms with Crippen LogP contribution in [-0.4, -0.2) is 20.8 Å². The third-order valence-electron chi connectivity index (χ3n) is 3.57. The minimum absolute atomic E-state index is 0.0755. The zero-order chi connectivity index (χ0) is 18.1. The molecule has 0 bridgehead atoms. The van der Waals surface area contributed by atoms with Gasteiger partial charge in [-0.25, -0.2) is 17.7 Å². The lowest BCUT2D eigenvalue weighted by atomic mass is 10.1. The average Bonchev–Trinajstić information content (AvgIpc) is 3.06. The quantitative estimate of drug-likeness (QED) is 0.544. The number of hydrogen-bond acceptors (Lipinski definition) is 4. The highest BCUT2D eigenvalue weighted by atomic mass is 79.9. The lowest BCUT2D eigenvalue weighted by Gasteiger charge is -2.07. The van der Waals surface area contributed by atoms with Gasteiger partial charge in [0, 0.05) is 15.8 Å². The summed E-state index contributed by atoms with van der Waals surface area (Å²) in [5.41, 5.74) is 0.418. The highest BCUT2D eigenvalue weighted by Crippen LogP contribution is 2.32. The van der Waals surface area contributed by atoms with Crippen molar-refractivity contribution in [1.82, 2.24) is 14.6 Å². The number of nitrogens with one attached hydrogen (secondary N) is 1. The van der Waals surface area contributed by atoms with Crippen LogP contribution >= 0.6 is 38.9 Å². The van der Waals surface area contributed by atoms with Gasteiger partial charge < -0.3 is 5.32 Å². The second-order valence-corrected chi connectivity index (χ2v) is 7.56. The van der Waals surface area contributed by atoms with Gasteiger partial charge in [-0.1, -0.05) is 0 Å². The first-order valence-electron chi connectivity index (χ1n) is 7.39. The molecule has 1 N–H and O–H groups in total. The number of fused-ring (bicyclic) bond motifs is 1. The highest BCUT2D eigenvalue weighted by Gasteiger charge is 2.22. The fraction of sp³-hybridized carbons (Fsp3) is 0.333. The van der Waals surface area contributed by atoms with Gasteiger partial charge in [-0.3, -0.25) is 0 Å². The van der Waals surface area contributed by atoms with Crippen molar-refractivity contribution in [3.63, 3.8) is 0 Å². The summed E-state index contributed by atoms with van der Waals surface area (Å²) in [6.45, 7) is 1.68. The Morgan fingerprint density at radius 1 is 1.44 bits per heavy atom. The Kier molecular flexibility index (Phi) is 5.55. The van der Waals surface area contributed by atoms with Gasteiger partial charge in [0.05, 0.1) is 12.7 Å². The third-order valence-corrected chi connectivity index (χ3v) is 5.46. The van der Waals surface area contributed by atoms with Crippen LogP contribution in [0.2, 0.25) is 5.28 Å². The molecule has 0 amide bonds. The predicted octanol–water partition coefficient (Wildman–Crippen LogP) is 5.39. The number of anilines is 1. The summed E-state index contributed by atoms with van der Waals surface area (Å²) in [5.74, 6) is -0.678. The molecule has 134 valence electrons. The van der Waals surface area contributed by atoms with Crippen molar-refractivity contribution in [3.8, 4) is 0 Å². The highest BCUT2D eigenvalue weighted by molar-refractivity contribution is 9.10. The molecule has 0 aliphatic heterocycles. The van der Waals surface area contributed by atoms with Gasteiger partial charge in [-0.2, -0.15) is 4.98 Å². The van der Waals surface area contributed by atoms with Crippen molar-refractivity contribution in [2.75, 3.05) is 5.32 Å². The summed E-state index contributed by atoms with van der Waals surface area (Å²) in [5, 5.41) is 8.26. The standard InChI is InChI=1S/C15H13BrClF3N4S/c1-7(18)2-3-10-11(20)12-14(21-5-9-4-8(19)6-25-9)22-15(17)23-24(12)13(10)16/h4,6-7H,2-3,5H2,1H3,(H,21,22,23). The van der Waals surface area contributed by atoms with E-state index in [0.29, 0.717) is 10.2 Å². The van der Waals surface area contributed by atoms with E-state index in [1.54, 1.807) is 0 Å². The lowest BCUT2D eigenvalue weighted by molar-refractivity contribution is 0.340. The SMILES string of the molecule is CC(F)CCc1c(F)c2c(NCc3cc(F)cs3)nc(Cl)nn2c1Br. The molecule has 0 aromatic carbocycles. The summed E-state index contributed by atoms with van der Waals surface area (Å²) >= 11 is 10.5. The molecule has 0 aliphatic carbocycles. The van der Waals surface area contributed by atoms with Gasteiger partial charge in [0.1, 0.15) is 15.9 Å². The van der Waals surface area contributed by atoms with Crippen molar-refractivity contribution < 1.29 is 13.2 Å². The minimum Gasteiger partial charge on any atom is -0.363 e. The van der Waals surface area contributed by atoms with Crippen molar-refractivity contribution >= 4 is 50.2 Å². The van der Waals surface area contributed by atoms with Gasteiger partial charge in [0.25, 0.3) is 0 Å². The van der Waals surface area contributed by atoms with E-state index in [0.717, 1.165) is 4.88 Å². The average molecular weight is 454 g/mol. The Bertz CT molecular complexity index is 912. The monoisotopic (exact) mass is 452 g/mol. The van der Waals surface area contributed by atoms with Crippen molar-refractivity contribution in [1.29, 1.82) is 0 Å². The number of rotatable bonds is 6. The Labute approximate surface area is 159 Å². The molecule has 10 heteroatoms. The van der Waals surface area contributed by atoms with Crippen molar-refractivity contribution in [2.24, 2.45) is 0 Å². The van der Waals surface area contributed by atoms with Crippen molar-refractivity contribution in [2.45, 2.75) is 32.5 Å². The van der Waals surface area contributed by atoms with E-state index in [2.05, 4.69) is 31.3 Å². The van der Waals surface area contributed by atoms with Crippen LogP contribution in [0.5, 0.6) is 0 Å². The van der Waals surface area contributed by atoms with Crippen LogP contribution in [0.4, 0.5) is 19.0 Å². The first kappa shape index (κ1) is 18.5. The zero-order valence-corrected chi connectivity index (χ0v) is 16.2. The maximum absolute atomic E-state index is 14.9. The maximum Gasteiger partial charge on any atom is 0.243 e. The van der Waals surface area contributed by atoms with E-state index < -0.39 is 12.0 Å². The molecule has 1 atom stereocenters. The molecule has 3 aromatic heterocycles. The van der Waals surface area contributed by atoms with E-state index in [-0.39, 0.29) is 41.8 Å². The van der Waals surface area contributed by atoms with Crippen LogP contribution in [0.25, 0.3) is 5.52 Å². The van der Waals surface area contributed by atoms with Crippen LogP contribution in [0, 0.1) is 11.6 Å². The molecule has 3 heterocycles. The molecule has 0 saturated heterocycles. The molecular weight excluding hydrogens is 441 g/mol. The van der Waals surface area contributed by atoms with E-state index >= 15 is 0 Å². The van der Waals surface area contributed by atoms with E-state index in [9.17, 15) is 13.2 Å². The number of hydrogen-bond donors (Lipinski definition) is 1. The Morgan fingerprint density at radius 3 is 2.84 bits per heavy atom. The molecule has 0 aliphatic rings. The number of nitrogens with zero attached hydrogens (tertiary/aromatic N) is 3. The normalized spacial score (nSPS) is 12.7. The second-order valence-electron chi connectivity index (χ2n) is 5.48. The summed E-state index contributed by atoms with van der Waals surface area (Å²) in [4.78, 5) is 4.76. The maximum atomic E-state index is 14.9. The van der Waals surface area contributed by atoms with Gasteiger partial charge in [-0.05, 0) is 53.4 Å². The molecule has 0 radical (unpaired) electrons. The molecule has 0 fully saturated rings. The van der Waals surface area contributed by atoms with E-state index in [1.807, 2.05) is 0 Å². The first-order chi connectivity index (χ1) is 11.9. The number of alkyl halides is 1. The van der Waals surface area contributed by atoms with Gasteiger partial charge in [0.2, 0.25) is 5.28 Å². The third kappa shape index (κ3) is 3.93. The predicted molar refractivity (Wildman–Crippen MR) is 96.1 cm³/mol. The Balaban J connectivity index is 1.98. The van der Waals surface area contributed by atoms with Crippen LogP contribution < -0.4 is 5.32 Å². The molecule has 0 spiro atoms. The van der Waals surface area contributed by atoms with E-state index in [4.69, 9.17) is 11.6 Å². The number of thiophene rings is 1. The fourth-order valence-corrected chi connectivity index (χ4v) is 3.85. The van der Waals surface area contributed by atoms with Gasteiger partial charge in [-0.15, -0.1) is 16.4 Å². The molecule has 4 nitrogen and oxygen atoms in total. The number of halogens is 5.